The fourth-order valence-corrected chi connectivity index (χ4v) is 2.15. The van der Waals surface area contributed by atoms with E-state index >= 15 is 0 Å². The predicted octanol–water partition coefficient (Wildman–Crippen LogP) is 3.50. The molecule has 0 saturated heterocycles. The van der Waals surface area contributed by atoms with Gasteiger partial charge in [0.2, 0.25) is 0 Å². The second kappa shape index (κ2) is 5.73. The van der Waals surface area contributed by atoms with Crippen molar-refractivity contribution in [3.8, 4) is 0 Å². The molecule has 0 spiro atoms. The first kappa shape index (κ1) is 12.8. The summed E-state index contributed by atoms with van der Waals surface area (Å²) in [5.41, 5.74) is 0. The molecule has 1 aliphatic rings. The number of rotatable bonds is 5. The van der Waals surface area contributed by atoms with E-state index in [1.54, 1.807) is 0 Å². The van der Waals surface area contributed by atoms with Gasteiger partial charge in [0.1, 0.15) is 0 Å². The van der Waals surface area contributed by atoms with Crippen molar-refractivity contribution in [1.82, 2.24) is 5.32 Å². The minimum absolute atomic E-state index is 0.249. The third-order valence-electron chi connectivity index (χ3n) is 3.01. The Kier molecular flexibility index (Phi) is 4.90. The second-order valence-corrected chi connectivity index (χ2v) is 4.64. The minimum atomic E-state index is -3.98. The molecule has 1 nitrogen and oxygen atoms in total. The van der Waals surface area contributed by atoms with Crippen LogP contribution in [0.3, 0.4) is 0 Å². The van der Waals surface area contributed by atoms with E-state index in [2.05, 4.69) is 12.2 Å². The molecule has 0 aromatic heterocycles. The highest BCUT2D eigenvalue weighted by molar-refractivity contribution is 4.77. The van der Waals surface area contributed by atoms with Crippen LogP contribution in [0.2, 0.25) is 0 Å². The summed E-state index contributed by atoms with van der Waals surface area (Å²) < 4.78 is 35.4. The number of unbranched alkanes of at least 4 members (excludes halogenated alkanes) is 1. The van der Waals surface area contributed by atoms with Crippen LogP contribution in [0.25, 0.3) is 0 Å². The molecule has 1 rings (SSSR count). The van der Waals surface area contributed by atoms with Gasteiger partial charge in [-0.05, 0) is 44.6 Å². The van der Waals surface area contributed by atoms with Gasteiger partial charge in [-0.25, -0.2) is 0 Å². The molecule has 90 valence electrons. The van der Waals surface area contributed by atoms with E-state index in [4.69, 9.17) is 0 Å². The summed E-state index contributed by atoms with van der Waals surface area (Å²) in [5, 5.41) is 3.33. The molecule has 2 atom stereocenters. The van der Waals surface area contributed by atoms with Crippen LogP contribution in [-0.4, -0.2) is 18.8 Å². The molecule has 0 amide bonds. The van der Waals surface area contributed by atoms with Gasteiger partial charge in [-0.3, -0.25) is 0 Å². The topological polar surface area (TPSA) is 12.0 Å². The van der Waals surface area contributed by atoms with Gasteiger partial charge in [0.25, 0.3) is 0 Å². The third kappa shape index (κ3) is 6.03. The molecular weight excluding hydrogens is 203 g/mol. The summed E-state index contributed by atoms with van der Waals surface area (Å²) in [7, 11) is 0. The van der Waals surface area contributed by atoms with E-state index in [1.807, 2.05) is 0 Å². The Morgan fingerprint density at radius 3 is 2.47 bits per heavy atom. The molecule has 0 aromatic rings. The largest absolute Gasteiger partial charge is 0.389 e. The Morgan fingerprint density at radius 1 is 1.20 bits per heavy atom. The average molecular weight is 223 g/mol. The van der Waals surface area contributed by atoms with Gasteiger partial charge in [0.15, 0.2) is 0 Å². The number of hydrogen-bond donors (Lipinski definition) is 1. The van der Waals surface area contributed by atoms with Gasteiger partial charge < -0.3 is 5.32 Å². The molecule has 1 N–H and O–H groups in total. The SMILES string of the molecule is CC1CCC(NCCCCC(F)(F)F)C1. The van der Waals surface area contributed by atoms with E-state index in [-0.39, 0.29) is 6.42 Å². The quantitative estimate of drug-likeness (QED) is 0.703. The van der Waals surface area contributed by atoms with Crippen LogP contribution in [0.15, 0.2) is 0 Å². The number of alkyl halides is 3. The smallest absolute Gasteiger partial charge is 0.314 e. The normalized spacial score (nSPS) is 27.2. The zero-order valence-electron chi connectivity index (χ0n) is 9.24. The summed E-state index contributed by atoms with van der Waals surface area (Å²) in [5.74, 6) is 0.776. The Labute approximate surface area is 89.4 Å². The van der Waals surface area contributed by atoms with Crippen molar-refractivity contribution >= 4 is 0 Å². The Morgan fingerprint density at radius 2 is 1.93 bits per heavy atom. The van der Waals surface area contributed by atoms with E-state index in [1.165, 1.54) is 19.3 Å². The zero-order valence-corrected chi connectivity index (χ0v) is 9.24. The highest BCUT2D eigenvalue weighted by Crippen LogP contribution is 2.25. The highest BCUT2D eigenvalue weighted by Gasteiger charge is 2.26. The molecule has 1 saturated carbocycles. The molecule has 0 bridgehead atoms. The number of halogens is 3. The first-order valence-electron chi connectivity index (χ1n) is 5.77. The van der Waals surface area contributed by atoms with Crippen LogP contribution in [0.5, 0.6) is 0 Å². The maximum absolute atomic E-state index is 11.8. The molecular formula is C11H20F3N. The fraction of sp³-hybridized carbons (Fsp3) is 1.00. The Bertz CT molecular complexity index is 179. The van der Waals surface area contributed by atoms with Crippen molar-refractivity contribution in [3.05, 3.63) is 0 Å². The molecule has 0 radical (unpaired) electrons. The van der Waals surface area contributed by atoms with Crippen molar-refractivity contribution in [2.75, 3.05) is 6.54 Å². The lowest BCUT2D eigenvalue weighted by atomic mass is 10.1. The standard InChI is InChI=1S/C11H20F3N/c1-9-4-5-10(8-9)15-7-3-2-6-11(12,13)14/h9-10,15H,2-8H2,1H3. The Balaban J connectivity index is 1.93. The molecule has 0 aliphatic heterocycles. The molecule has 1 fully saturated rings. The van der Waals surface area contributed by atoms with Gasteiger partial charge in [-0.2, -0.15) is 13.2 Å². The summed E-state index contributed by atoms with van der Waals surface area (Å²) in [6.07, 6.45) is -0.138. The predicted molar refractivity (Wildman–Crippen MR) is 54.7 cm³/mol. The van der Waals surface area contributed by atoms with Crippen molar-refractivity contribution in [2.45, 2.75) is 57.7 Å². The van der Waals surface area contributed by atoms with Crippen LogP contribution in [0, 0.1) is 5.92 Å². The van der Waals surface area contributed by atoms with Gasteiger partial charge >= 0.3 is 6.18 Å². The van der Waals surface area contributed by atoms with Crippen molar-refractivity contribution < 1.29 is 13.2 Å². The van der Waals surface area contributed by atoms with E-state index in [9.17, 15) is 13.2 Å². The maximum Gasteiger partial charge on any atom is 0.389 e. The van der Waals surface area contributed by atoms with Crippen LogP contribution in [0.1, 0.15) is 45.4 Å². The first-order chi connectivity index (χ1) is 6.97. The average Bonchev–Trinajstić information content (AvgIpc) is 2.49. The zero-order chi connectivity index (χ0) is 11.3. The monoisotopic (exact) mass is 223 g/mol. The minimum Gasteiger partial charge on any atom is -0.314 e. The highest BCUT2D eigenvalue weighted by atomic mass is 19.4. The van der Waals surface area contributed by atoms with Crippen LogP contribution in [0.4, 0.5) is 13.2 Å². The van der Waals surface area contributed by atoms with E-state index < -0.39 is 12.6 Å². The van der Waals surface area contributed by atoms with Crippen molar-refractivity contribution in [3.63, 3.8) is 0 Å². The summed E-state index contributed by atoms with van der Waals surface area (Å²) >= 11 is 0. The van der Waals surface area contributed by atoms with Crippen molar-refractivity contribution in [2.24, 2.45) is 5.92 Å². The summed E-state index contributed by atoms with van der Waals surface area (Å²) in [6.45, 7) is 2.96. The van der Waals surface area contributed by atoms with Gasteiger partial charge in [-0.1, -0.05) is 6.92 Å². The lowest BCUT2D eigenvalue weighted by molar-refractivity contribution is -0.135. The molecule has 4 heteroatoms. The number of hydrogen-bond acceptors (Lipinski definition) is 1. The van der Waals surface area contributed by atoms with Crippen LogP contribution in [-0.2, 0) is 0 Å². The summed E-state index contributed by atoms with van der Waals surface area (Å²) in [6, 6.07) is 0.547. The van der Waals surface area contributed by atoms with E-state index in [0.29, 0.717) is 12.5 Å². The lowest BCUT2D eigenvalue weighted by Gasteiger charge is -2.12. The summed E-state index contributed by atoms with van der Waals surface area (Å²) in [4.78, 5) is 0. The van der Waals surface area contributed by atoms with E-state index in [0.717, 1.165) is 12.5 Å². The Hall–Kier alpha value is -0.250. The van der Waals surface area contributed by atoms with Gasteiger partial charge in [-0.15, -0.1) is 0 Å². The molecule has 1 aliphatic carbocycles. The van der Waals surface area contributed by atoms with Crippen LogP contribution >= 0.6 is 0 Å². The number of nitrogens with one attached hydrogen (secondary N) is 1. The van der Waals surface area contributed by atoms with Crippen molar-refractivity contribution in [1.29, 1.82) is 0 Å². The van der Waals surface area contributed by atoms with Gasteiger partial charge in [0, 0.05) is 12.5 Å². The van der Waals surface area contributed by atoms with Gasteiger partial charge in [0.05, 0.1) is 0 Å². The first-order valence-corrected chi connectivity index (χ1v) is 5.77. The fourth-order valence-electron chi connectivity index (χ4n) is 2.15. The second-order valence-electron chi connectivity index (χ2n) is 4.64. The molecule has 0 heterocycles. The molecule has 0 aromatic carbocycles. The molecule has 2 unspecified atom stereocenters. The maximum atomic E-state index is 11.8. The molecule has 15 heavy (non-hydrogen) atoms. The lowest BCUT2D eigenvalue weighted by Crippen LogP contribution is -2.27. The third-order valence-corrected chi connectivity index (χ3v) is 3.01. The van der Waals surface area contributed by atoms with Crippen LogP contribution < -0.4 is 5.32 Å².